The monoisotopic (exact) mass is 322 g/mol. The fourth-order valence-corrected chi connectivity index (χ4v) is 1.85. The number of aromatic nitrogens is 3. The molecule has 0 aromatic carbocycles. The first-order valence-electron chi connectivity index (χ1n) is 5.71. The Hall–Kier alpha value is -2.03. The average molecular weight is 323 g/mol. The van der Waals surface area contributed by atoms with Crippen LogP contribution >= 0.6 is 11.6 Å². The van der Waals surface area contributed by atoms with Crippen LogP contribution in [0, 0.1) is 0 Å². The molecule has 21 heavy (non-hydrogen) atoms. The molecule has 2 heterocycles. The van der Waals surface area contributed by atoms with Crippen LogP contribution in [0.15, 0.2) is 27.6 Å². The Morgan fingerprint density at radius 3 is 2.62 bits per heavy atom. The van der Waals surface area contributed by atoms with Gasteiger partial charge in [0, 0.05) is 19.8 Å². The largest absolute Gasteiger partial charge is 0.461 e. The maximum atomic E-state index is 12.7. The van der Waals surface area contributed by atoms with Crippen molar-refractivity contribution in [3.8, 4) is 0 Å². The number of pyridine rings is 1. The second-order valence-electron chi connectivity index (χ2n) is 4.23. The van der Waals surface area contributed by atoms with Gasteiger partial charge in [0.25, 0.3) is 0 Å². The highest BCUT2D eigenvalue weighted by Gasteiger charge is 2.33. The molecule has 0 saturated heterocycles. The van der Waals surface area contributed by atoms with Crippen molar-refractivity contribution in [2.75, 3.05) is 11.4 Å². The van der Waals surface area contributed by atoms with Crippen LogP contribution in [0.1, 0.15) is 5.56 Å². The molecular formula is C11H10ClF3N4O2. The second-order valence-corrected chi connectivity index (χ2v) is 4.61. The first-order valence-corrected chi connectivity index (χ1v) is 6.09. The quantitative estimate of drug-likeness (QED) is 0.806. The predicted octanol–water partition coefficient (Wildman–Crippen LogP) is 1.99. The molecule has 2 rings (SSSR count). The number of hydrogen-bond acceptors (Lipinski definition) is 5. The van der Waals surface area contributed by atoms with Crippen LogP contribution < -0.4 is 10.7 Å². The topological polar surface area (TPSA) is 64.2 Å². The first-order chi connectivity index (χ1) is 9.74. The zero-order valence-corrected chi connectivity index (χ0v) is 11.5. The van der Waals surface area contributed by atoms with E-state index in [0.717, 1.165) is 9.64 Å². The summed E-state index contributed by atoms with van der Waals surface area (Å²) in [5, 5.41) is 0.231. The minimum Gasteiger partial charge on any atom is -0.326 e. The van der Waals surface area contributed by atoms with E-state index >= 15 is 0 Å². The van der Waals surface area contributed by atoms with Crippen LogP contribution in [0.3, 0.4) is 0 Å². The van der Waals surface area contributed by atoms with Gasteiger partial charge < -0.3 is 9.42 Å². The number of nitrogens with zero attached hydrogens (tertiary/aromatic N) is 4. The van der Waals surface area contributed by atoms with Crippen LogP contribution in [-0.2, 0) is 13.6 Å². The molecular weight excluding hydrogens is 313 g/mol. The molecule has 0 aliphatic rings. The molecule has 0 N–H and O–H groups in total. The van der Waals surface area contributed by atoms with Gasteiger partial charge in [0.1, 0.15) is 11.7 Å². The summed E-state index contributed by atoms with van der Waals surface area (Å²) < 4.78 is 43.5. The molecule has 2 aromatic rings. The van der Waals surface area contributed by atoms with E-state index in [1.807, 2.05) is 0 Å². The number of hydrogen-bond donors (Lipinski definition) is 0. The highest BCUT2D eigenvalue weighted by Crippen LogP contribution is 2.22. The van der Waals surface area contributed by atoms with Crippen molar-refractivity contribution >= 4 is 17.5 Å². The Bertz CT molecular complexity index is 665. The van der Waals surface area contributed by atoms with Crippen molar-refractivity contribution in [2.45, 2.75) is 12.7 Å². The van der Waals surface area contributed by atoms with Crippen molar-refractivity contribution in [1.82, 2.24) is 14.7 Å². The van der Waals surface area contributed by atoms with E-state index in [-0.39, 0.29) is 17.6 Å². The van der Waals surface area contributed by atoms with E-state index < -0.39 is 18.5 Å². The smallest absolute Gasteiger partial charge is 0.326 e. The van der Waals surface area contributed by atoms with Crippen LogP contribution in [0.4, 0.5) is 19.1 Å². The number of alkyl halides is 3. The normalized spacial score (nSPS) is 11.7. The SMILES string of the molecule is Cn1oc(=O)nc1N(Cc1ccc(Cl)nc1)CC(F)(F)F. The molecule has 2 aromatic heterocycles. The molecule has 6 nitrogen and oxygen atoms in total. The van der Waals surface area contributed by atoms with Crippen molar-refractivity contribution in [3.05, 3.63) is 39.6 Å². The lowest BCUT2D eigenvalue weighted by Gasteiger charge is -2.23. The Labute approximate surface area is 121 Å². The summed E-state index contributed by atoms with van der Waals surface area (Å²) in [6.07, 6.45) is -3.11. The zero-order valence-electron chi connectivity index (χ0n) is 10.8. The van der Waals surface area contributed by atoms with E-state index in [4.69, 9.17) is 11.6 Å². The van der Waals surface area contributed by atoms with Gasteiger partial charge in [0.2, 0.25) is 5.95 Å². The Morgan fingerprint density at radius 2 is 2.14 bits per heavy atom. The molecule has 0 atom stereocenters. The lowest BCUT2D eigenvalue weighted by molar-refractivity contribution is -0.120. The average Bonchev–Trinajstić information content (AvgIpc) is 2.69. The molecule has 0 aliphatic carbocycles. The van der Waals surface area contributed by atoms with Gasteiger partial charge >= 0.3 is 11.9 Å². The first kappa shape index (κ1) is 15.4. The van der Waals surface area contributed by atoms with Gasteiger partial charge in [-0.05, 0) is 11.6 Å². The van der Waals surface area contributed by atoms with Crippen LogP contribution in [0.5, 0.6) is 0 Å². The number of anilines is 1. The molecule has 0 spiro atoms. The minimum atomic E-state index is -4.46. The zero-order chi connectivity index (χ0) is 15.6. The molecule has 10 heteroatoms. The summed E-state index contributed by atoms with van der Waals surface area (Å²) in [5.41, 5.74) is 0.485. The van der Waals surface area contributed by atoms with Gasteiger partial charge in [0.05, 0.1) is 0 Å². The highest BCUT2D eigenvalue weighted by atomic mass is 35.5. The Kier molecular flexibility index (Phi) is 4.21. The molecule has 0 saturated carbocycles. The third-order valence-electron chi connectivity index (χ3n) is 2.50. The van der Waals surface area contributed by atoms with Gasteiger partial charge in [0.15, 0.2) is 0 Å². The van der Waals surface area contributed by atoms with E-state index in [1.165, 1.54) is 25.4 Å². The molecule has 0 radical (unpaired) electrons. The molecule has 0 fully saturated rings. The summed E-state index contributed by atoms with van der Waals surface area (Å²) in [4.78, 5) is 19.1. The lowest BCUT2D eigenvalue weighted by Crippen LogP contribution is -2.35. The van der Waals surface area contributed by atoms with E-state index in [2.05, 4.69) is 14.5 Å². The third kappa shape index (κ3) is 4.22. The van der Waals surface area contributed by atoms with Crippen LogP contribution in [0.25, 0.3) is 0 Å². The van der Waals surface area contributed by atoms with Crippen molar-refractivity contribution in [2.24, 2.45) is 7.05 Å². The van der Waals surface area contributed by atoms with Gasteiger partial charge in [-0.3, -0.25) is 0 Å². The van der Waals surface area contributed by atoms with Gasteiger partial charge in [-0.1, -0.05) is 17.7 Å². The number of rotatable bonds is 4. The number of halogens is 4. The minimum absolute atomic E-state index is 0.149. The fourth-order valence-electron chi connectivity index (χ4n) is 1.73. The van der Waals surface area contributed by atoms with Crippen LogP contribution in [-0.4, -0.2) is 27.4 Å². The van der Waals surface area contributed by atoms with Gasteiger partial charge in [-0.15, -0.1) is 4.98 Å². The van der Waals surface area contributed by atoms with E-state index in [1.54, 1.807) is 0 Å². The summed E-state index contributed by atoms with van der Waals surface area (Å²) in [5.74, 6) is -1.18. The highest BCUT2D eigenvalue weighted by molar-refractivity contribution is 6.29. The summed E-state index contributed by atoms with van der Waals surface area (Å²) in [6, 6.07) is 3.00. The maximum absolute atomic E-state index is 12.7. The molecule has 0 unspecified atom stereocenters. The van der Waals surface area contributed by atoms with Gasteiger partial charge in [-0.2, -0.15) is 17.9 Å². The standard InChI is InChI=1S/C11H10ClF3N4O2/c1-18-9(17-10(20)21-18)19(6-11(13,14)15)5-7-2-3-8(12)16-4-7/h2-4H,5-6H2,1H3. The fraction of sp³-hybridized carbons (Fsp3) is 0.364. The molecule has 0 bridgehead atoms. The van der Waals surface area contributed by atoms with Crippen molar-refractivity contribution in [1.29, 1.82) is 0 Å². The molecule has 114 valence electrons. The third-order valence-corrected chi connectivity index (χ3v) is 2.73. The number of aryl methyl sites for hydroxylation is 1. The van der Waals surface area contributed by atoms with Crippen molar-refractivity contribution in [3.63, 3.8) is 0 Å². The van der Waals surface area contributed by atoms with Crippen LogP contribution in [0.2, 0.25) is 5.15 Å². The Morgan fingerprint density at radius 1 is 1.43 bits per heavy atom. The lowest BCUT2D eigenvalue weighted by atomic mass is 10.2. The van der Waals surface area contributed by atoms with E-state index in [0.29, 0.717) is 5.56 Å². The summed E-state index contributed by atoms with van der Waals surface area (Å²) in [7, 11) is 1.30. The molecule has 0 aliphatic heterocycles. The predicted molar refractivity (Wildman–Crippen MR) is 68.1 cm³/mol. The Balaban J connectivity index is 2.30. The summed E-state index contributed by atoms with van der Waals surface area (Å²) in [6.45, 7) is -1.43. The van der Waals surface area contributed by atoms with Gasteiger partial charge in [-0.25, -0.2) is 9.78 Å². The maximum Gasteiger partial charge on any atom is 0.461 e. The van der Waals surface area contributed by atoms with Crippen molar-refractivity contribution < 1.29 is 17.7 Å². The van der Waals surface area contributed by atoms with E-state index in [9.17, 15) is 18.0 Å². The second kappa shape index (κ2) is 5.76. The summed E-state index contributed by atoms with van der Waals surface area (Å²) >= 11 is 5.62. The molecule has 0 amide bonds.